The van der Waals surface area contributed by atoms with Crippen LogP contribution in [0, 0.1) is 17.0 Å². The van der Waals surface area contributed by atoms with Gasteiger partial charge in [0, 0.05) is 12.6 Å². The lowest BCUT2D eigenvalue weighted by Gasteiger charge is -2.06. The molecule has 0 heterocycles. The monoisotopic (exact) mass is 194 g/mol. The molecule has 0 amide bonds. The highest BCUT2D eigenvalue weighted by Crippen LogP contribution is 2.24. The molecule has 0 aliphatic carbocycles. The maximum Gasteiger partial charge on any atom is 0.292 e. The average molecular weight is 194 g/mol. The maximum absolute atomic E-state index is 10.7. The Kier molecular flexibility index (Phi) is 3.45. The molecule has 1 rings (SSSR count). The van der Waals surface area contributed by atoms with Gasteiger partial charge in [-0.1, -0.05) is 13.0 Å². The van der Waals surface area contributed by atoms with Crippen LogP contribution in [0.2, 0.25) is 0 Å². The van der Waals surface area contributed by atoms with Crippen LogP contribution in [0.1, 0.15) is 18.9 Å². The fourth-order valence-electron chi connectivity index (χ4n) is 1.21. The molecule has 0 atom stereocenters. The fourth-order valence-corrected chi connectivity index (χ4v) is 1.21. The van der Waals surface area contributed by atoms with E-state index in [0.717, 1.165) is 18.5 Å². The molecule has 76 valence electrons. The predicted octanol–water partition coefficient (Wildman–Crippen LogP) is 2.73. The number of nitrogens with one attached hydrogen (secondary N) is 1. The Balaban J connectivity index is 2.97. The van der Waals surface area contributed by atoms with Gasteiger partial charge in [0.2, 0.25) is 0 Å². The average Bonchev–Trinajstić information content (AvgIpc) is 2.14. The van der Waals surface area contributed by atoms with E-state index in [1.807, 2.05) is 13.8 Å². The Labute approximate surface area is 83.1 Å². The maximum atomic E-state index is 10.7. The van der Waals surface area contributed by atoms with Crippen LogP contribution in [-0.4, -0.2) is 11.5 Å². The van der Waals surface area contributed by atoms with Gasteiger partial charge in [0.1, 0.15) is 5.69 Å². The van der Waals surface area contributed by atoms with E-state index in [0.29, 0.717) is 5.69 Å². The summed E-state index contributed by atoms with van der Waals surface area (Å²) in [6.07, 6.45) is 0.950. The molecule has 4 nitrogen and oxygen atoms in total. The van der Waals surface area contributed by atoms with E-state index < -0.39 is 0 Å². The summed E-state index contributed by atoms with van der Waals surface area (Å²) in [5.74, 6) is 0. The number of hydrogen-bond acceptors (Lipinski definition) is 3. The van der Waals surface area contributed by atoms with Crippen LogP contribution >= 0.6 is 0 Å². The van der Waals surface area contributed by atoms with E-state index in [1.54, 1.807) is 12.1 Å². The van der Waals surface area contributed by atoms with E-state index in [1.165, 1.54) is 6.07 Å². The zero-order valence-electron chi connectivity index (χ0n) is 8.41. The van der Waals surface area contributed by atoms with Crippen molar-refractivity contribution in [2.45, 2.75) is 20.3 Å². The van der Waals surface area contributed by atoms with Crippen molar-refractivity contribution in [2.24, 2.45) is 0 Å². The lowest BCUT2D eigenvalue weighted by molar-refractivity contribution is -0.384. The first-order valence-electron chi connectivity index (χ1n) is 4.64. The molecule has 0 saturated carbocycles. The Morgan fingerprint density at radius 3 is 2.79 bits per heavy atom. The van der Waals surface area contributed by atoms with Gasteiger partial charge in [0.15, 0.2) is 0 Å². The minimum absolute atomic E-state index is 0.143. The standard InChI is InChI=1S/C10H14N2O2/c1-3-6-11-9-7-8(2)4-5-10(9)12(13)14/h4-5,7,11H,3,6H2,1-2H3. The lowest BCUT2D eigenvalue weighted by Crippen LogP contribution is -2.03. The van der Waals surface area contributed by atoms with Gasteiger partial charge >= 0.3 is 0 Å². The normalized spacial score (nSPS) is 9.86. The van der Waals surface area contributed by atoms with Crippen LogP contribution in [0.4, 0.5) is 11.4 Å². The van der Waals surface area contributed by atoms with Gasteiger partial charge in [-0.25, -0.2) is 0 Å². The molecule has 1 N–H and O–H groups in total. The molecule has 14 heavy (non-hydrogen) atoms. The third kappa shape index (κ3) is 2.45. The van der Waals surface area contributed by atoms with Crippen LogP contribution in [0.25, 0.3) is 0 Å². The van der Waals surface area contributed by atoms with Crippen molar-refractivity contribution < 1.29 is 4.92 Å². The molecule has 0 spiro atoms. The summed E-state index contributed by atoms with van der Waals surface area (Å²) in [6.45, 7) is 4.69. The minimum Gasteiger partial charge on any atom is -0.379 e. The van der Waals surface area contributed by atoms with Crippen molar-refractivity contribution in [3.63, 3.8) is 0 Å². The van der Waals surface area contributed by atoms with E-state index in [4.69, 9.17) is 0 Å². The second-order valence-electron chi connectivity index (χ2n) is 3.20. The van der Waals surface area contributed by atoms with Crippen molar-refractivity contribution in [2.75, 3.05) is 11.9 Å². The molecule has 0 aromatic heterocycles. The summed E-state index contributed by atoms with van der Waals surface area (Å²) in [5.41, 5.74) is 1.77. The number of aryl methyl sites for hydroxylation is 1. The van der Waals surface area contributed by atoms with Gasteiger partial charge in [-0.05, 0) is 25.0 Å². The Hall–Kier alpha value is -1.58. The Bertz CT molecular complexity index is 337. The zero-order valence-corrected chi connectivity index (χ0v) is 8.41. The van der Waals surface area contributed by atoms with Crippen LogP contribution in [0.3, 0.4) is 0 Å². The van der Waals surface area contributed by atoms with Gasteiger partial charge in [-0.2, -0.15) is 0 Å². The third-order valence-electron chi connectivity index (χ3n) is 1.91. The van der Waals surface area contributed by atoms with Crippen molar-refractivity contribution in [1.29, 1.82) is 0 Å². The van der Waals surface area contributed by atoms with Crippen LogP contribution in [0.15, 0.2) is 18.2 Å². The molecular formula is C10H14N2O2. The molecule has 0 unspecified atom stereocenters. The molecule has 0 fully saturated rings. The fraction of sp³-hybridized carbons (Fsp3) is 0.400. The van der Waals surface area contributed by atoms with Crippen LogP contribution in [-0.2, 0) is 0 Å². The second-order valence-corrected chi connectivity index (χ2v) is 3.20. The summed E-state index contributed by atoms with van der Waals surface area (Å²) in [4.78, 5) is 10.3. The van der Waals surface area contributed by atoms with Crippen molar-refractivity contribution in [1.82, 2.24) is 0 Å². The summed E-state index contributed by atoms with van der Waals surface area (Å²) in [5, 5.41) is 13.7. The molecule has 0 radical (unpaired) electrons. The number of hydrogen-bond donors (Lipinski definition) is 1. The third-order valence-corrected chi connectivity index (χ3v) is 1.91. The van der Waals surface area contributed by atoms with E-state index in [2.05, 4.69) is 5.32 Å². The topological polar surface area (TPSA) is 55.2 Å². The summed E-state index contributed by atoms with van der Waals surface area (Å²) in [6, 6.07) is 5.08. The van der Waals surface area contributed by atoms with E-state index in [9.17, 15) is 10.1 Å². The smallest absolute Gasteiger partial charge is 0.292 e. The lowest BCUT2D eigenvalue weighted by atomic mass is 10.2. The quantitative estimate of drug-likeness (QED) is 0.592. The SMILES string of the molecule is CCCNc1cc(C)ccc1[N+](=O)[O-]. The first kappa shape index (κ1) is 10.5. The van der Waals surface area contributed by atoms with E-state index >= 15 is 0 Å². The molecular weight excluding hydrogens is 180 g/mol. The minimum atomic E-state index is -0.364. The largest absolute Gasteiger partial charge is 0.379 e. The molecule has 0 saturated heterocycles. The predicted molar refractivity (Wildman–Crippen MR) is 56.6 cm³/mol. The molecule has 1 aromatic rings. The van der Waals surface area contributed by atoms with Gasteiger partial charge in [-0.3, -0.25) is 10.1 Å². The highest BCUT2D eigenvalue weighted by Gasteiger charge is 2.11. The van der Waals surface area contributed by atoms with Crippen LogP contribution < -0.4 is 5.32 Å². The number of rotatable bonds is 4. The zero-order chi connectivity index (χ0) is 10.6. The van der Waals surface area contributed by atoms with Crippen molar-refractivity contribution in [3.8, 4) is 0 Å². The van der Waals surface area contributed by atoms with Crippen molar-refractivity contribution in [3.05, 3.63) is 33.9 Å². The van der Waals surface area contributed by atoms with Gasteiger partial charge < -0.3 is 5.32 Å². The van der Waals surface area contributed by atoms with Gasteiger partial charge in [-0.15, -0.1) is 0 Å². The van der Waals surface area contributed by atoms with Crippen LogP contribution in [0.5, 0.6) is 0 Å². The first-order valence-corrected chi connectivity index (χ1v) is 4.64. The van der Waals surface area contributed by atoms with Crippen molar-refractivity contribution >= 4 is 11.4 Å². The Morgan fingerprint density at radius 2 is 2.21 bits per heavy atom. The number of benzene rings is 1. The molecule has 0 aliphatic rings. The number of nitrogens with zero attached hydrogens (tertiary/aromatic N) is 1. The number of nitro groups is 1. The van der Waals surface area contributed by atoms with Gasteiger partial charge in [0.05, 0.1) is 4.92 Å². The summed E-state index contributed by atoms with van der Waals surface area (Å²) >= 11 is 0. The van der Waals surface area contributed by atoms with E-state index in [-0.39, 0.29) is 10.6 Å². The highest BCUT2D eigenvalue weighted by molar-refractivity contribution is 5.62. The first-order chi connectivity index (χ1) is 6.65. The number of nitro benzene ring substituents is 1. The highest BCUT2D eigenvalue weighted by atomic mass is 16.6. The second kappa shape index (κ2) is 4.60. The molecule has 0 aliphatic heterocycles. The Morgan fingerprint density at radius 1 is 1.50 bits per heavy atom. The molecule has 4 heteroatoms. The molecule has 1 aromatic carbocycles. The summed E-state index contributed by atoms with van der Waals surface area (Å²) in [7, 11) is 0. The summed E-state index contributed by atoms with van der Waals surface area (Å²) < 4.78 is 0. The number of anilines is 1. The molecule has 0 bridgehead atoms. The van der Waals surface area contributed by atoms with Gasteiger partial charge in [0.25, 0.3) is 5.69 Å².